The molecule has 0 N–H and O–H groups in total. The zero-order valence-electron chi connectivity index (χ0n) is 14.7. The summed E-state index contributed by atoms with van der Waals surface area (Å²) >= 11 is 0. The van der Waals surface area contributed by atoms with E-state index in [1.54, 1.807) is 0 Å². The standard InChI is InChI=1S/C17H23NO2.C2H6/c1-11-6-5-7-12(8-11)9-18-10-13-14(17(13,2)3)15(18)16(19)20-4;1-2/h5-8,13-15H,9-10H2,1-4H3;1-2H3. The average Bonchev–Trinajstić information content (AvgIpc) is 2.86. The second kappa shape index (κ2) is 6.41. The number of hydrogen-bond donors (Lipinski definition) is 0. The minimum absolute atomic E-state index is 0.0690. The Morgan fingerprint density at radius 3 is 2.64 bits per heavy atom. The summed E-state index contributed by atoms with van der Waals surface area (Å²) in [6.45, 7) is 12.5. The van der Waals surface area contributed by atoms with Gasteiger partial charge >= 0.3 is 5.97 Å². The van der Waals surface area contributed by atoms with E-state index in [0.717, 1.165) is 13.1 Å². The van der Waals surface area contributed by atoms with E-state index in [0.29, 0.717) is 17.3 Å². The highest BCUT2D eigenvalue weighted by molar-refractivity contribution is 5.77. The number of piperidine rings is 1. The van der Waals surface area contributed by atoms with Gasteiger partial charge in [-0.3, -0.25) is 9.69 Å². The topological polar surface area (TPSA) is 29.5 Å². The highest BCUT2D eigenvalue weighted by Gasteiger charge is 2.68. The van der Waals surface area contributed by atoms with E-state index in [2.05, 4.69) is 49.9 Å². The third-order valence-corrected chi connectivity index (χ3v) is 5.21. The van der Waals surface area contributed by atoms with Gasteiger partial charge in [-0.25, -0.2) is 0 Å². The van der Waals surface area contributed by atoms with Gasteiger partial charge in [-0.05, 0) is 29.7 Å². The molecule has 1 aromatic carbocycles. The van der Waals surface area contributed by atoms with Gasteiger partial charge in [-0.2, -0.15) is 0 Å². The van der Waals surface area contributed by atoms with Gasteiger partial charge in [-0.1, -0.05) is 57.5 Å². The van der Waals surface area contributed by atoms with E-state index in [1.807, 2.05) is 13.8 Å². The summed E-state index contributed by atoms with van der Waals surface area (Å²) in [4.78, 5) is 14.4. The molecule has 3 atom stereocenters. The number of likely N-dealkylation sites (tertiary alicyclic amines) is 1. The van der Waals surface area contributed by atoms with Crippen molar-refractivity contribution in [2.24, 2.45) is 17.3 Å². The first-order chi connectivity index (χ1) is 10.4. The number of hydrogen-bond acceptors (Lipinski definition) is 3. The Morgan fingerprint density at radius 1 is 1.36 bits per heavy atom. The van der Waals surface area contributed by atoms with Gasteiger partial charge in [0.1, 0.15) is 6.04 Å². The van der Waals surface area contributed by atoms with Crippen LogP contribution in [-0.4, -0.2) is 30.6 Å². The normalized spacial score (nSPS) is 28.4. The number of carbonyl (C=O) groups is 1. The van der Waals surface area contributed by atoms with E-state index in [-0.39, 0.29) is 12.0 Å². The van der Waals surface area contributed by atoms with Crippen LogP contribution in [0.2, 0.25) is 0 Å². The van der Waals surface area contributed by atoms with Crippen molar-refractivity contribution < 1.29 is 9.53 Å². The molecule has 1 aliphatic carbocycles. The average molecular weight is 303 g/mol. The molecule has 0 bridgehead atoms. The Morgan fingerprint density at radius 2 is 2.05 bits per heavy atom. The van der Waals surface area contributed by atoms with Crippen LogP contribution >= 0.6 is 0 Å². The fourth-order valence-electron chi connectivity index (χ4n) is 3.98. The zero-order chi connectivity index (χ0) is 16.5. The van der Waals surface area contributed by atoms with Crippen LogP contribution in [0.25, 0.3) is 0 Å². The highest BCUT2D eigenvalue weighted by Crippen LogP contribution is 2.65. The van der Waals surface area contributed by atoms with Crippen molar-refractivity contribution in [1.29, 1.82) is 0 Å². The van der Waals surface area contributed by atoms with Gasteiger partial charge in [0.05, 0.1) is 7.11 Å². The Labute approximate surface area is 134 Å². The van der Waals surface area contributed by atoms with Crippen molar-refractivity contribution in [2.75, 3.05) is 13.7 Å². The van der Waals surface area contributed by atoms with Crippen LogP contribution in [0.1, 0.15) is 38.8 Å². The Balaban J connectivity index is 0.000000847. The lowest BCUT2D eigenvalue weighted by Gasteiger charge is -2.28. The fraction of sp³-hybridized carbons (Fsp3) is 0.632. The number of nitrogens with zero attached hydrogens (tertiary/aromatic N) is 1. The zero-order valence-corrected chi connectivity index (χ0v) is 14.7. The molecule has 1 aromatic rings. The molecule has 22 heavy (non-hydrogen) atoms. The van der Waals surface area contributed by atoms with Crippen LogP contribution in [0, 0.1) is 24.2 Å². The molecule has 122 valence electrons. The van der Waals surface area contributed by atoms with Crippen LogP contribution in [-0.2, 0) is 16.1 Å². The van der Waals surface area contributed by atoms with E-state index >= 15 is 0 Å². The van der Waals surface area contributed by atoms with E-state index in [9.17, 15) is 4.79 Å². The Hall–Kier alpha value is -1.35. The van der Waals surface area contributed by atoms with Crippen molar-refractivity contribution in [3.05, 3.63) is 35.4 Å². The number of benzene rings is 1. The van der Waals surface area contributed by atoms with E-state index in [1.165, 1.54) is 18.2 Å². The fourth-order valence-corrected chi connectivity index (χ4v) is 3.98. The molecule has 0 radical (unpaired) electrons. The summed E-state index contributed by atoms with van der Waals surface area (Å²) in [5.74, 6) is 1.02. The first-order valence-electron chi connectivity index (χ1n) is 8.32. The molecule has 2 aliphatic rings. The summed E-state index contributed by atoms with van der Waals surface area (Å²) in [6.07, 6.45) is 0. The third-order valence-electron chi connectivity index (χ3n) is 5.21. The molecule has 3 heteroatoms. The summed E-state index contributed by atoms with van der Waals surface area (Å²) in [5, 5.41) is 0. The summed E-state index contributed by atoms with van der Waals surface area (Å²) in [7, 11) is 1.50. The lowest BCUT2D eigenvalue weighted by Crippen LogP contribution is -2.42. The minimum atomic E-state index is -0.0734. The van der Waals surface area contributed by atoms with Gasteiger partial charge in [0.15, 0.2) is 0 Å². The van der Waals surface area contributed by atoms with Crippen LogP contribution in [0.4, 0.5) is 0 Å². The SMILES string of the molecule is CC.COC(=O)C1C2C(CN1Cc1cccc(C)c1)C2(C)C. The first-order valence-corrected chi connectivity index (χ1v) is 8.32. The van der Waals surface area contributed by atoms with Crippen LogP contribution in [0.15, 0.2) is 24.3 Å². The van der Waals surface area contributed by atoms with Crippen molar-refractivity contribution in [3.63, 3.8) is 0 Å². The molecule has 0 amide bonds. The summed E-state index contributed by atoms with van der Waals surface area (Å²) in [5.41, 5.74) is 2.84. The predicted molar refractivity (Wildman–Crippen MR) is 89.5 cm³/mol. The number of fused-ring (bicyclic) bond motifs is 1. The monoisotopic (exact) mass is 303 g/mol. The maximum Gasteiger partial charge on any atom is 0.323 e. The largest absolute Gasteiger partial charge is 0.468 e. The molecular weight excluding hydrogens is 274 g/mol. The van der Waals surface area contributed by atoms with Crippen molar-refractivity contribution >= 4 is 5.97 Å². The number of ether oxygens (including phenoxy) is 1. The first kappa shape index (κ1) is 17.0. The molecule has 1 aliphatic heterocycles. The van der Waals surface area contributed by atoms with Crippen molar-refractivity contribution in [3.8, 4) is 0 Å². The summed E-state index contributed by atoms with van der Waals surface area (Å²) < 4.78 is 5.04. The van der Waals surface area contributed by atoms with Crippen LogP contribution in [0.5, 0.6) is 0 Å². The number of rotatable bonds is 3. The highest BCUT2D eigenvalue weighted by atomic mass is 16.5. The quantitative estimate of drug-likeness (QED) is 0.798. The maximum atomic E-state index is 12.1. The molecule has 0 spiro atoms. The third kappa shape index (κ3) is 2.91. The molecule has 3 unspecified atom stereocenters. The molecule has 3 rings (SSSR count). The molecule has 1 saturated carbocycles. The smallest absolute Gasteiger partial charge is 0.323 e. The maximum absolute atomic E-state index is 12.1. The Kier molecular flexibility index (Phi) is 4.96. The predicted octanol–water partition coefficient (Wildman–Crippen LogP) is 3.65. The Bertz CT molecular complexity index is 538. The van der Waals surface area contributed by atoms with Gasteiger partial charge in [-0.15, -0.1) is 0 Å². The minimum Gasteiger partial charge on any atom is -0.468 e. The molecular formula is C19H29NO2. The molecule has 0 aromatic heterocycles. The second-order valence-corrected chi connectivity index (χ2v) is 6.84. The molecule has 3 nitrogen and oxygen atoms in total. The molecule has 1 heterocycles. The number of carbonyl (C=O) groups excluding carboxylic acids is 1. The van der Waals surface area contributed by atoms with Crippen LogP contribution in [0.3, 0.4) is 0 Å². The van der Waals surface area contributed by atoms with E-state index < -0.39 is 0 Å². The van der Waals surface area contributed by atoms with Gasteiger partial charge in [0, 0.05) is 13.1 Å². The van der Waals surface area contributed by atoms with Gasteiger partial charge in [0.25, 0.3) is 0 Å². The van der Waals surface area contributed by atoms with Gasteiger partial charge < -0.3 is 4.74 Å². The number of methoxy groups -OCH3 is 1. The van der Waals surface area contributed by atoms with E-state index in [4.69, 9.17) is 4.74 Å². The second-order valence-electron chi connectivity index (χ2n) is 6.84. The van der Waals surface area contributed by atoms with Gasteiger partial charge in [0.2, 0.25) is 0 Å². The van der Waals surface area contributed by atoms with Crippen molar-refractivity contribution in [2.45, 2.75) is 47.2 Å². The number of esters is 1. The molecule has 2 fully saturated rings. The van der Waals surface area contributed by atoms with Crippen molar-refractivity contribution in [1.82, 2.24) is 4.90 Å². The van der Waals surface area contributed by atoms with Crippen LogP contribution < -0.4 is 0 Å². The molecule has 1 saturated heterocycles. The lowest BCUT2D eigenvalue weighted by molar-refractivity contribution is -0.147. The number of aryl methyl sites for hydroxylation is 1. The summed E-state index contributed by atoms with van der Waals surface area (Å²) in [6, 6.07) is 8.45. The lowest BCUT2D eigenvalue weighted by atomic mass is 10.0.